The number of hydrogen-bond donors (Lipinski definition) is 0. The van der Waals surface area contributed by atoms with Crippen molar-refractivity contribution in [2.45, 2.75) is 26.7 Å². The average Bonchev–Trinajstić information content (AvgIpc) is 2.85. The van der Waals surface area contributed by atoms with E-state index in [1.165, 1.54) is 6.92 Å². The van der Waals surface area contributed by atoms with Crippen LogP contribution in [0.15, 0.2) is 36.4 Å². The van der Waals surface area contributed by atoms with E-state index < -0.39 is 5.97 Å². The molecule has 1 aromatic rings. The smallest absolute Gasteiger partial charge is 0.308 e. The van der Waals surface area contributed by atoms with Gasteiger partial charge in [-0.3, -0.25) is 14.4 Å². The number of amides is 2. The summed E-state index contributed by atoms with van der Waals surface area (Å²) in [6, 6.07) is 6.60. The Morgan fingerprint density at radius 3 is 2.56 bits per heavy atom. The topological polar surface area (TPSA) is 66.9 Å². The van der Waals surface area contributed by atoms with E-state index in [4.69, 9.17) is 4.74 Å². The number of esters is 1. The number of benzene rings is 1. The first-order valence-corrected chi connectivity index (χ1v) is 8.54. The minimum atomic E-state index is -0.423. The van der Waals surface area contributed by atoms with Gasteiger partial charge in [-0.1, -0.05) is 19.1 Å². The number of carbonyl (C=O) groups is 3. The van der Waals surface area contributed by atoms with Gasteiger partial charge in [0.25, 0.3) is 5.91 Å². The Bertz CT molecular complexity index is 669. The molecule has 25 heavy (non-hydrogen) atoms. The van der Waals surface area contributed by atoms with E-state index in [0.717, 1.165) is 12.8 Å². The molecule has 1 fully saturated rings. The average molecular weight is 344 g/mol. The molecule has 1 aliphatic rings. The molecule has 1 saturated heterocycles. The molecule has 0 N–H and O–H groups in total. The van der Waals surface area contributed by atoms with E-state index in [1.807, 2.05) is 13.0 Å². The summed E-state index contributed by atoms with van der Waals surface area (Å²) in [5.74, 6) is -0.191. The van der Waals surface area contributed by atoms with E-state index in [9.17, 15) is 14.4 Å². The highest BCUT2D eigenvalue weighted by molar-refractivity contribution is 5.95. The lowest BCUT2D eigenvalue weighted by atomic mass is 10.2. The highest BCUT2D eigenvalue weighted by atomic mass is 16.5. The minimum absolute atomic E-state index is 0.00648. The zero-order valence-corrected chi connectivity index (χ0v) is 14.7. The Hall–Kier alpha value is -2.63. The van der Waals surface area contributed by atoms with Gasteiger partial charge in [0.2, 0.25) is 5.91 Å². The molecule has 134 valence electrons. The molecule has 2 amide bonds. The van der Waals surface area contributed by atoms with Crippen molar-refractivity contribution in [3.05, 3.63) is 42.0 Å². The van der Waals surface area contributed by atoms with Crippen molar-refractivity contribution in [2.24, 2.45) is 0 Å². The van der Waals surface area contributed by atoms with Crippen LogP contribution in [-0.2, 0) is 9.59 Å². The van der Waals surface area contributed by atoms with Crippen molar-refractivity contribution in [1.29, 1.82) is 0 Å². The summed E-state index contributed by atoms with van der Waals surface area (Å²) in [6.07, 6.45) is 5.00. The summed E-state index contributed by atoms with van der Waals surface area (Å²) < 4.78 is 5.03. The number of ether oxygens (including phenoxy) is 1. The maximum absolute atomic E-state index is 12.7. The molecule has 0 spiro atoms. The fraction of sp³-hybridized carbons (Fsp3) is 0.421. The van der Waals surface area contributed by atoms with Crippen LogP contribution in [0.3, 0.4) is 0 Å². The molecule has 1 aromatic carbocycles. The normalized spacial score (nSPS) is 15.1. The van der Waals surface area contributed by atoms with Gasteiger partial charge in [-0.25, -0.2) is 0 Å². The van der Waals surface area contributed by atoms with Gasteiger partial charge < -0.3 is 14.5 Å². The number of hydrogen-bond acceptors (Lipinski definition) is 4. The molecule has 2 rings (SSSR count). The molecule has 1 aliphatic heterocycles. The van der Waals surface area contributed by atoms with Crippen molar-refractivity contribution >= 4 is 17.8 Å². The second kappa shape index (κ2) is 9.01. The third-order valence-electron chi connectivity index (χ3n) is 3.93. The van der Waals surface area contributed by atoms with Crippen molar-refractivity contribution in [3.8, 4) is 5.75 Å². The van der Waals surface area contributed by atoms with Crippen LogP contribution < -0.4 is 4.74 Å². The summed E-state index contributed by atoms with van der Waals surface area (Å²) in [5.41, 5.74) is 0.476. The molecule has 0 aromatic heterocycles. The maximum atomic E-state index is 12.7. The highest BCUT2D eigenvalue weighted by Gasteiger charge is 2.22. The van der Waals surface area contributed by atoms with Crippen LogP contribution in [0.5, 0.6) is 5.75 Å². The second-order valence-electron chi connectivity index (χ2n) is 5.90. The predicted octanol–water partition coefficient (Wildman–Crippen LogP) is 2.25. The fourth-order valence-corrected chi connectivity index (χ4v) is 2.71. The Kier molecular flexibility index (Phi) is 6.74. The third kappa shape index (κ3) is 5.45. The van der Waals surface area contributed by atoms with Crippen molar-refractivity contribution in [3.63, 3.8) is 0 Å². The summed E-state index contributed by atoms with van der Waals surface area (Å²) >= 11 is 0. The summed E-state index contributed by atoms with van der Waals surface area (Å²) in [6.45, 7) is 5.55. The van der Waals surface area contributed by atoms with E-state index in [2.05, 4.69) is 0 Å². The fourth-order valence-electron chi connectivity index (χ4n) is 2.71. The molecule has 0 bridgehead atoms. The Morgan fingerprint density at radius 1 is 1.12 bits per heavy atom. The zero-order valence-electron chi connectivity index (χ0n) is 14.7. The lowest BCUT2D eigenvalue weighted by Crippen LogP contribution is -2.36. The second-order valence-corrected chi connectivity index (χ2v) is 5.90. The van der Waals surface area contributed by atoms with Gasteiger partial charge in [0.15, 0.2) is 0 Å². The summed E-state index contributed by atoms with van der Waals surface area (Å²) in [7, 11) is 0. The summed E-state index contributed by atoms with van der Waals surface area (Å²) in [4.78, 5) is 39.4. The Morgan fingerprint density at radius 2 is 1.84 bits per heavy atom. The molecule has 1 heterocycles. The number of allylic oxidation sites excluding steroid dienone is 1. The number of nitrogens with zero attached hydrogens (tertiary/aromatic N) is 2. The quantitative estimate of drug-likeness (QED) is 0.477. The Balaban J connectivity index is 2.02. The van der Waals surface area contributed by atoms with Gasteiger partial charge in [0.05, 0.1) is 0 Å². The van der Waals surface area contributed by atoms with E-state index >= 15 is 0 Å². The molecule has 6 nitrogen and oxygen atoms in total. The van der Waals surface area contributed by atoms with E-state index in [0.29, 0.717) is 37.5 Å². The first-order valence-electron chi connectivity index (χ1n) is 8.54. The molecule has 0 atom stereocenters. The zero-order chi connectivity index (χ0) is 18.2. The van der Waals surface area contributed by atoms with Gasteiger partial charge in [0.1, 0.15) is 5.75 Å². The summed E-state index contributed by atoms with van der Waals surface area (Å²) in [5, 5.41) is 0. The molecular formula is C19H24N2O4. The molecule has 0 saturated carbocycles. The monoisotopic (exact) mass is 344 g/mol. The first kappa shape index (κ1) is 18.7. The van der Waals surface area contributed by atoms with Gasteiger partial charge in [-0.15, -0.1) is 0 Å². The maximum Gasteiger partial charge on any atom is 0.308 e. The van der Waals surface area contributed by atoms with Crippen molar-refractivity contribution in [1.82, 2.24) is 9.80 Å². The lowest BCUT2D eigenvalue weighted by molar-refractivity contribution is -0.132. The predicted molar refractivity (Wildman–Crippen MR) is 94.3 cm³/mol. The standard InChI is InChI=1S/C19H24N2O4/c1-3-4-9-18(23)20-10-6-11-21(13-12-20)19(24)16-7-5-8-17(14-16)25-15(2)22/h4-5,7-9,14H,3,6,10-13H2,1-2H3/b9-4+. The van der Waals surface area contributed by atoms with Gasteiger partial charge in [0, 0.05) is 38.7 Å². The molecule has 0 aliphatic carbocycles. The van der Waals surface area contributed by atoms with Crippen LogP contribution in [0.2, 0.25) is 0 Å². The minimum Gasteiger partial charge on any atom is -0.427 e. The SMILES string of the molecule is CC/C=C/C(=O)N1CCCN(C(=O)c2cccc(OC(C)=O)c2)CC1. The lowest BCUT2D eigenvalue weighted by Gasteiger charge is -2.21. The van der Waals surface area contributed by atoms with Crippen LogP contribution in [-0.4, -0.2) is 53.8 Å². The van der Waals surface area contributed by atoms with Crippen molar-refractivity contribution < 1.29 is 19.1 Å². The van der Waals surface area contributed by atoms with Crippen molar-refractivity contribution in [2.75, 3.05) is 26.2 Å². The largest absolute Gasteiger partial charge is 0.427 e. The molecule has 6 heteroatoms. The molecule has 0 unspecified atom stereocenters. The molecule has 0 radical (unpaired) electrons. The van der Waals surface area contributed by atoms with Crippen LogP contribution in [0.1, 0.15) is 37.0 Å². The van der Waals surface area contributed by atoms with Crippen LogP contribution in [0.4, 0.5) is 0 Å². The number of rotatable bonds is 4. The first-order chi connectivity index (χ1) is 12.0. The van der Waals surface area contributed by atoms with Crippen LogP contribution in [0.25, 0.3) is 0 Å². The van der Waals surface area contributed by atoms with Crippen LogP contribution in [0, 0.1) is 0 Å². The number of carbonyl (C=O) groups excluding carboxylic acids is 3. The van der Waals surface area contributed by atoms with Gasteiger partial charge in [-0.05, 0) is 37.1 Å². The Labute approximate surface area is 148 Å². The highest BCUT2D eigenvalue weighted by Crippen LogP contribution is 2.16. The molecular weight excluding hydrogens is 320 g/mol. The van der Waals surface area contributed by atoms with Gasteiger partial charge >= 0.3 is 5.97 Å². The third-order valence-corrected chi connectivity index (χ3v) is 3.93. The van der Waals surface area contributed by atoms with E-state index in [-0.39, 0.29) is 11.8 Å². The van der Waals surface area contributed by atoms with E-state index in [1.54, 1.807) is 40.1 Å². The van der Waals surface area contributed by atoms with Crippen LogP contribution >= 0.6 is 0 Å². The van der Waals surface area contributed by atoms with Gasteiger partial charge in [-0.2, -0.15) is 0 Å².